The number of esters is 4. The number of rotatable bonds is 24. The number of aryl methyl sites for hydroxylation is 2. The number of hydrogen-bond acceptors (Lipinski definition) is 8. The van der Waals surface area contributed by atoms with E-state index in [2.05, 4.69) is 62.4 Å². The van der Waals surface area contributed by atoms with E-state index in [9.17, 15) is 19.2 Å². The van der Waals surface area contributed by atoms with Gasteiger partial charge in [0.05, 0.1) is 22.3 Å². The first-order chi connectivity index (χ1) is 35.1. The summed E-state index contributed by atoms with van der Waals surface area (Å²) in [6.07, 6.45) is 17.4. The number of ether oxygens (including phenoxy) is 4. The summed E-state index contributed by atoms with van der Waals surface area (Å²) in [7, 11) is 0. The molecular weight excluding hydrogens is 897 g/mol. The van der Waals surface area contributed by atoms with Crippen molar-refractivity contribution in [2.75, 3.05) is 0 Å². The van der Waals surface area contributed by atoms with Gasteiger partial charge in [-0.05, 0) is 134 Å². The minimum Gasteiger partial charge on any atom is -0.423 e. The van der Waals surface area contributed by atoms with Crippen molar-refractivity contribution >= 4 is 23.9 Å². The number of benzene rings is 7. The lowest BCUT2D eigenvalue weighted by molar-refractivity contribution is 0.0706. The third-order valence-electron chi connectivity index (χ3n) is 13.1. The van der Waals surface area contributed by atoms with Crippen LogP contribution in [0.15, 0.2) is 158 Å². The van der Waals surface area contributed by atoms with Gasteiger partial charge in [0.1, 0.15) is 23.0 Å². The van der Waals surface area contributed by atoms with Crippen molar-refractivity contribution in [1.82, 2.24) is 0 Å². The van der Waals surface area contributed by atoms with E-state index in [0.717, 1.165) is 35.1 Å². The predicted octanol–water partition coefficient (Wildman–Crippen LogP) is 16.3. The fourth-order valence-corrected chi connectivity index (χ4v) is 8.68. The zero-order valence-corrected chi connectivity index (χ0v) is 42.2. The molecule has 0 unspecified atom stereocenters. The van der Waals surface area contributed by atoms with Crippen LogP contribution < -0.4 is 18.9 Å². The van der Waals surface area contributed by atoms with Crippen molar-refractivity contribution in [1.29, 1.82) is 0 Å². The Kier molecular flexibility index (Phi) is 19.3. The molecule has 0 radical (unpaired) electrons. The van der Waals surface area contributed by atoms with Crippen LogP contribution in [0.2, 0.25) is 0 Å². The van der Waals surface area contributed by atoms with E-state index in [0.29, 0.717) is 22.3 Å². The van der Waals surface area contributed by atoms with Gasteiger partial charge < -0.3 is 18.9 Å². The number of hydrogen-bond donors (Lipinski definition) is 0. The molecule has 8 nitrogen and oxygen atoms in total. The van der Waals surface area contributed by atoms with Crippen molar-refractivity contribution < 1.29 is 38.1 Å². The summed E-state index contributed by atoms with van der Waals surface area (Å²) in [6, 6.07) is 47.5. The molecule has 0 atom stereocenters. The molecule has 0 amide bonds. The average Bonchev–Trinajstić information content (AvgIpc) is 3.40. The number of carbonyl (C=O) groups excluding carboxylic acids is 4. The van der Waals surface area contributed by atoms with E-state index in [4.69, 9.17) is 18.9 Å². The second kappa shape index (κ2) is 26.6. The Balaban J connectivity index is 0.901. The smallest absolute Gasteiger partial charge is 0.343 e. The van der Waals surface area contributed by atoms with Crippen molar-refractivity contribution in [3.05, 3.63) is 202 Å². The van der Waals surface area contributed by atoms with Gasteiger partial charge in [-0.3, -0.25) is 0 Å². The van der Waals surface area contributed by atoms with Gasteiger partial charge in [0.25, 0.3) is 0 Å². The van der Waals surface area contributed by atoms with Crippen LogP contribution in [-0.2, 0) is 12.8 Å². The van der Waals surface area contributed by atoms with Crippen LogP contribution in [-0.4, -0.2) is 23.9 Å². The molecule has 7 rings (SSSR count). The van der Waals surface area contributed by atoms with Crippen LogP contribution in [0.5, 0.6) is 23.0 Å². The SMILES string of the molecule is CCCCCCCCc1ccc(-c2ccc(C(=O)Oc3cccc(C(=O)Oc4cccc(OC(=O)c5cccc(OC(=O)c6ccc(-c7ccc(CCCCCCCC)cc7)cc6)c5C)c4)c3C)cc2)cc1. The average molecular weight is 963 g/mol. The van der Waals surface area contributed by atoms with Gasteiger partial charge in [0.2, 0.25) is 0 Å². The Morgan fingerprint density at radius 3 is 1.06 bits per heavy atom. The second-order valence-corrected chi connectivity index (χ2v) is 18.5. The lowest BCUT2D eigenvalue weighted by Gasteiger charge is -2.13. The van der Waals surface area contributed by atoms with E-state index in [-0.39, 0.29) is 34.1 Å². The molecule has 0 spiro atoms. The van der Waals surface area contributed by atoms with Gasteiger partial charge in [-0.15, -0.1) is 0 Å². The molecular formula is C64H66O8. The molecule has 0 saturated heterocycles. The molecule has 7 aromatic carbocycles. The van der Waals surface area contributed by atoms with Crippen molar-refractivity contribution in [3.8, 4) is 45.3 Å². The van der Waals surface area contributed by atoms with Crippen LogP contribution in [0.1, 0.15) is 155 Å². The standard InChI is InChI=1S/C64H66O8/c1-5-7-9-11-13-15-20-47-28-32-49(33-29-47)51-36-40-53(41-37-51)61(65)71-59-26-18-24-57(45(59)3)63(67)69-55-22-17-23-56(44-55)70-64(68)58-25-19-27-60(46(58)4)72-62(66)54-42-38-52(39-43-54)50-34-30-48(31-35-50)21-16-14-12-10-8-6-2/h17-19,22-44H,5-16,20-21H2,1-4H3. The van der Waals surface area contributed by atoms with E-state index in [1.807, 2.05) is 24.3 Å². The Hall–Kier alpha value is -7.58. The predicted molar refractivity (Wildman–Crippen MR) is 287 cm³/mol. The first-order valence-corrected chi connectivity index (χ1v) is 25.7. The zero-order chi connectivity index (χ0) is 50.7. The highest BCUT2D eigenvalue weighted by Gasteiger charge is 2.21. The highest BCUT2D eigenvalue weighted by molar-refractivity contribution is 5.96. The quantitative estimate of drug-likeness (QED) is 0.0335. The lowest BCUT2D eigenvalue weighted by Crippen LogP contribution is -2.14. The van der Waals surface area contributed by atoms with Gasteiger partial charge in [-0.1, -0.05) is 169 Å². The maximum absolute atomic E-state index is 13.5. The first kappa shape index (κ1) is 52.2. The Labute approximate surface area is 425 Å². The van der Waals surface area contributed by atoms with Gasteiger partial charge in [-0.2, -0.15) is 0 Å². The van der Waals surface area contributed by atoms with Crippen LogP contribution >= 0.6 is 0 Å². The summed E-state index contributed by atoms with van der Waals surface area (Å²) in [4.78, 5) is 53.6. The Morgan fingerprint density at radius 2 is 0.681 bits per heavy atom. The lowest BCUT2D eigenvalue weighted by atomic mass is 10.00. The van der Waals surface area contributed by atoms with E-state index >= 15 is 0 Å². The van der Waals surface area contributed by atoms with Gasteiger partial charge in [0, 0.05) is 17.2 Å². The first-order valence-electron chi connectivity index (χ1n) is 25.7. The van der Waals surface area contributed by atoms with Gasteiger partial charge in [-0.25, -0.2) is 19.2 Å². The molecule has 0 aliphatic heterocycles. The van der Waals surface area contributed by atoms with Crippen LogP contribution in [0.4, 0.5) is 0 Å². The van der Waals surface area contributed by atoms with Crippen LogP contribution in [0, 0.1) is 13.8 Å². The molecule has 370 valence electrons. The van der Waals surface area contributed by atoms with Gasteiger partial charge >= 0.3 is 23.9 Å². The zero-order valence-electron chi connectivity index (χ0n) is 42.2. The maximum atomic E-state index is 13.5. The second-order valence-electron chi connectivity index (χ2n) is 18.5. The fraction of sp³-hybridized carbons (Fsp3) is 0.281. The van der Waals surface area contributed by atoms with Crippen molar-refractivity contribution in [3.63, 3.8) is 0 Å². The van der Waals surface area contributed by atoms with Crippen LogP contribution in [0.3, 0.4) is 0 Å². The Morgan fingerprint density at radius 1 is 0.347 bits per heavy atom. The van der Waals surface area contributed by atoms with E-state index in [1.165, 1.54) is 94.2 Å². The topological polar surface area (TPSA) is 105 Å². The summed E-state index contributed by atoms with van der Waals surface area (Å²) in [5.41, 5.74) is 8.76. The van der Waals surface area contributed by atoms with Gasteiger partial charge in [0.15, 0.2) is 0 Å². The summed E-state index contributed by atoms with van der Waals surface area (Å²) in [5.74, 6) is -1.79. The molecule has 0 aromatic heterocycles. The molecule has 0 aliphatic rings. The summed E-state index contributed by atoms with van der Waals surface area (Å²) in [6.45, 7) is 7.83. The molecule has 7 aromatic rings. The molecule has 0 fully saturated rings. The largest absolute Gasteiger partial charge is 0.423 e. The monoisotopic (exact) mass is 962 g/mol. The third kappa shape index (κ3) is 14.7. The van der Waals surface area contributed by atoms with Crippen molar-refractivity contribution in [2.45, 2.75) is 118 Å². The van der Waals surface area contributed by atoms with E-state index in [1.54, 1.807) is 92.7 Å². The summed E-state index contributed by atoms with van der Waals surface area (Å²) in [5, 5.41) is 0. The molecule has 0 aliphatic carbocycles. The van der Waals surface area contributed by atoms with Crippen molar-refractivity contribution in [2.24, 2.45) is 0 Å². The van der Waals surface area contributed by atoms with Crippen LogP contribution in [0.25, 0.3) is 22.3 Å². The fourth-order valence-electron chi connectivity index (χ4n) is 8.68. The molecule has 0 bridgehead atoms. The molecule has 0 heterocycles. The minimum absolute atomic E-state index is 0.130. The Bertz CT molecular complexity index is 2700. The summed E-state index contributed by atoms with van der Waals surface area (Å²) < 4.78 is 23.0. The summed E-state index contributed by atoms with van der Waals surface area (Å²) >= 11 is 0. The number of unbranched alkanes of at least 4 members (excludes halogenated alkanes) is 10. The molecule has 72 heavy (non-hydrogen) atoms. The highest BCUT2D eigenvalue weighted by Crippen LogP contribution is 2.30. The minimum atomic E-state index is -0.691. The normalized spacial score (nSPS) is 10.9. The third-order valence-corrected chi connectivity index (χ3v) is 13.1. The van der Waals surface area contributed by atoms with E-state index < -0.39 is 23.9 Å². The molecule has 0 saturated carbocycles. The maximum Gasteiger partial charge on any atom is 0.343 e. The number of carbonyl (C=O) groups is 4. The highest BCUT2D eigenvalue weighted by atomic mass is 16.6. The molecule has 8 heteroatoms. The molecule has 0 N–H and O–H groups in total.